The minimum atomic E-state index is -4.64. The van der Waals surface area contributed by atoms with Crippen LogP contribution in [0.1, 0.15) is 37.2 Å². The Labute approximate surface area is 206 Å². The van der Waals surface area contributed by atoms with Gasteiger partial charge in [0.25, 0.3) is 5.82 Å². The van der Waals surface area contributed by atoms with E-state index in [1.807, 2.05) is 42.2 Å². The van der Waals surface area contributed by atoms with Crippen LogP contribution >= 0.6 is 0 Å². The monoisotopic (exact) mass is 494 g/mol. The van der Waals surface area contributed by atoms with Crippen molar-refractivity contribution in [3.05, 3.63) is 78.1 Å². The highest BCUT2D eigenvalue weighted by Crippen LogP contribution is 2.29. The zero-order valence-electron chi connectivity index (χ0n) is 19.6. The Morgan fingerprint density at radius 1 is 0.944 bits per heavy atom. The van der Waals surface area contributed by atoms with E-state index < -0.39 is 12.0 Å². The van der Waals surface area contributed by atoms with E-state index in [2.05, 4.69) is 44.9 Å². The second-order valence-electron chi connectivity index (χ2n) is 8.96. The van der Waals surface area contributed by atoms with Crippen molar-refractivity contribution < 1.29 is 18.0 Å². The summed E-state index contributed by atoms with van der Waals surface area (Å²) in [7, 11) is 0. The molecule has 0 radical (unpaired) electrons. The molecule has 5 rings (SSSR count). The van der Waals surface area contributed by atoms with E-state index in [0.29, 0.717) is 31.7 Å². The van der Waals surface area contributed by atoms with Gasteiger partial charge in [0.1, 0.15) is 5.82 Å². The lowest BCUT2D eigenvalue weighted by atomic mass is 9.95. The number of halogens is 3. The molecule has 1 aliphatic heterocycles. The Bertz CT molecular complexity index is 1350. The predicted molar refractivity (Wildman–Crippen MR) is 129 cm³/mol. The van der Waals surface area contributed by atoms with Crippen LogP contribution in [0.3, 0.4) is 0 Å². The first-order valence-corrected chi connectivity index (χ1v) is 11.8. The van der Waals surface area contributed by atoms with Crippen LogP contribution in [0.5, 0.6) is 0 Å². The van der Waals surface area contributed by atoms with Crippen molar-refractivity contribution in [3.63, 3.8) is 0 Å². The molecular formula is C26H25F3N6O. The molecule has 1 N–H and O–H groups in total. The molecule has 1 saturated heterocycles. The fourth-order valence-electron chi connectivity index (χ4n) is 4.50. The zero-order valence-corrected chi connectivity index (χ0v) is 19.6. The van der Waals surface area contributed by atoms with Crippen LogP contribution in [0.15, 0.2) is 66.7 Å². The van der Waals surface area contributed by atoms with Gasteiger partial charge in [-0.25, -0.2) is 0 Å². The van der Waals surface area contributed by atoms with Gasteiger partial charge < -0.3 is 10.2 Å². The SMILES string of the molecule is CC(NC(=O)C1CCN(c2ccc3nnc(C(F)(F)F)n3n2)CC1)c1ccc(-c2ccccc2)cc1. The highest BCUT2D eigenvalue weighted by atomic mass is 19.4. The van der Waals surface area contributed by atoms with Crippen LogP contribution in [-0.4, -0.2) is 38.8 Å². The van der Waals surface area contributed by atoms with E-state index in [9.17, 15) is 18.0 Å². The van der Waals surface area contributed by atoms with Crippen LogP contribution < -0.4 is 10.2 Å². The van der Waals surface area contributed by atoms with E-state index in [0.717, 1.165) is 21.2 Å². The standard InChI is InChI=1S/C26H25F3N6O/c1-17(18-7-9-20(10-8-18)19-5-3-2-4-6-19)30-24(36)21-13-15-34(16-14-21)23-12-11-22-31-32-25(26(27,28)29)35(22)33-23/h2-12,17,21H,13-16H2,1H3,(H,30,36). The molecule has 1 atom stereocenters. The van der Waals surface area contributed by atoms with Gasteiger partial charge in [-0.3, -0.25) is 4.79 Å². The molecule has 1 unspecified atom stereocenters. The molecule has 0 aliphatic carbocycles. The summed E-state index contributed by atoms with van der Waals surface area (Å²) in [5, 5.41) is 14.0. The Morgan fingerprint density at radius 2 is 1.61 bits per heavy atom. The van der Waals surface area contributed by atoms with Crippen LogP contribution in [-0.2, 0) is 11.0 Å². The number of amides is 1. The number of piperidine rings is 1. The normalized spacial score (nSPS) is 15.7. The van der Waals surface area contributed by atoms with Crippen molar-refractivity contribution in [2.24, 2.45) is 5.92 Å². The number of hydrogen-bond donors (Lipinski definition) is 1. The molecule has 1 aliphatic rings. The third-order valence-corrected chi connectivity index (χ3v) is 6.57. The summed E-state index contributed by atoms with van der Waals surface area (Å²) >= 11 is 0. The molecule has 0 spiro atoms. The molecule has 2 aromatic carbocycles. The van der Waals surface area contributed by atoms with Crippen molar-refractivity contribution in [2.45, 2.75) is 32.0 Å². The van der Waals surface area contributed by atoms with Gasteiger partial charge in [0, 0.05) is 19.0 Å². The topological polar surface area (TPSA) is 75.4 Å². The van der Waals surface area contributed by atoms with Crippen LogP contribution in [0, 0.1) is 5.92 Å². The smallest absolute Gasteiger partial charge is 0.355 e. The van der Waals surface area contributed by atoms with Gasteiger partial charge in [-0.05, 0) is 48.6 Å². The largest absolute Gasteiger partial charge is 0.453 e. The molecular weight excluding hydrogens is 469 g/mol. The summed E-state index contributed by atoms with van der Waals surface area (Å²) in [6.07, 6.45) is -3.48. The Morgan fingerprint density at radius 3 is 2.28 bits per heavy atom. The lowest BCUT2D eigenvalue weighted by molar-refractivity contribution is -0.146. The highest BCUT2D eigenvalue weighted by molar-refractivity contribution is 5.79. The number of benzene rings is 2. The number of hydrogen-bond acceptors (Lipinski definition) is 5. The predicted octanol–water partition coefficient (Wildman–Crippen LogP) is 4.90. The van der Waals surface area contributed by atoms with Crippen molar-refractivity contribution in [3.8, 4) is 11.1 Å². The Kier molecular flexibility index (Phi) is 6.34. The van der Waals surface area contributed by atoms with E-state index >= 15 is 0 Å². The van der Waals surface area contributed by atoms with Crippen molar-refractivity contribution >= 4 is 17.4 Å². The van der Waals surface area contributed by atoms with E-state index in [4.69, 9.17) is 0 Å². The molecule has 0 bridgehead atoms. The van der Waals surface area contributed by atoms with Gasteiger partial charge >= 0.3 is 6.18 Å². The number of carbonyl (C=O) groups is 1. The summed E-state index contributed by atoms with van der Waals surface area (Å²) in [6, 6.07) is 21.2. The molecule has 2 aromatic heterocycles. The molecule has 10 heteroatoms. The first-order valence-electron chi connectivity index (χ1n) is 11.8. The van der Waals surface area contributed by atoms with Crippen molar-refractivity contribution in [1.29, 1.82) is 0 Å². The molecule has 0 saturated carbocycles. The Balaban J connectivity index is 1.19. The maximum absolute atomic E-state index is 13.2. The van der Waals surface area contributed by atoms with Gasteiger partial charge in [0.15, 0.2) is 5.65 Å². The quantitative estimate of drug-likeness (QED) is 0.427. The summed E-state index contributed by atoms with van der Waals surface area (Å²) in [5.74, 6) is -0.939. The number of carbonyl (C=O) groups excluding carboxylic acids is 1. The van der Waals surface area contributed by atoms with Crippen molar-refractivity contribution in [2.75, 3.05) is 18.0 Å². The van der Waals surface area contributed by atoms with E-state index in [1.54, 1.807) is 6.07 Å². The van der Waals surface area contributed by atoms with Crippen LogP contribution in [0.2, 0.25) is 0 Å². The number of rotatable bonds is 5. The third kappa shape index (κ3) is 4.89. The number of aromatic nitrogens is 4. The molecule has 36 heavy (non-hydrogen) atoms. The minimum absolute atomic E-state index is 0.0177. The molecule has 1 amide bonds. The molecule has 3 heterocycles. The maximum atomic E-state index is 13.2. The van der Waals surface area contributed by atoms with Gasteiger partial charge in [0.2, 0.25) is 5.91 Å². The first kappa shape index (κ1) is 23.8. The summed E-state index contributed by atoms with van der Waals surface area (Å²) < 4.78 is 40.2. The lowest BCUT2D eigenvalue weighted by Gasteiger charge is -2.32. The molecule has 1 fully saturated rings. The number of fused-ring (bicyclic) bond motifs is 1. The third-order valence-electron chi connectivity index (χ3n) is 6.57. The van der Waals surface area contributed by atoms with Gasteiger partial charge in [0.05, 0.1) is 6.04 Å². The van der Waals surface area contributed by atoms with Crippen molar-refractivity contribution in [1.82, 2.24) is 25.1 Å². The van der Waals surface area contributed by atoms with Gasteiger partial charge in [-0.1, -0.05) is 54.6 Å². The summed E-state index contributed by atoms with van der Waals surface area (Å²) in [5.41, 5.74) is 3.31. The second-order valence-corrected chi connectivity index (χ2v) is 8.96. The first-order chi connectivity index (χ1) is 17.3. The number of anilines is 1. The molecule has 7 nitrogen and oxygen atoms in total. The number of alkyl halides is 3. The minimum Gasteiger partial charge on any atom is -0.355 e. The number of nitrogens with one attached hydrogen (secondary N) is 1. The average molecular weight is 495 g/mol. The fraction of sp³-hybridized carbons (Fsp3) is 0.308. The van der Waals surface area contributed by atoms with E-state index in [1.165, 1.54) is 6.07 Å². The molecule has 186 valence electrons. The van der Waals surface area contributed by atoms with E-state index in [-0.39, 0.29) is 23.5 Å². The lowest BCUT2D eigenvalue weighted by Crippen LogP contribution is -2.41. The second kappa shape index (κ2) is 9.60. The zero-order chi connectivity index (χ0) is 25.3. The summed E-state index contributed by atoms with van der Waals surface area (Å²) in [6.45, 7) is 2.99. The highest BCUT2D eigenvalue weighted by Gasteiger charge is 2.38. The fourth-order valence-corrected chi connectivity index (χ4v) is 4.50. The summed E-state index contributed by atoms with van der Waals surface area (Å²) in [4.78, 5) is 14.8. The average Bonchev–Trinajstić information content (AvgIpc) is 3.33. The van der Waals surface area contributed by atoms with Gasteiger partial charge in [-0.2, -0.15) is 17.7 Å². The van der Waals surface area contributed by atoms with Crippen LogP contribution in [0.4, 0.5) is 19.0 Å². The Hall–Kier alpha value is -3.95. The van der Waals surface area contributed by atoms with Crippen LogP contribution in [0.25, 0.3) is 16.8 Å². The van der Waals surface area contributed by atoms with Gasteiger partial charge in [-0.15, -0.1) is 15.3 Å². The number of nitrogens with zero attached hydrogens (tertiary/aromatic N) is 5. The molecule has 4 aromatic rings. The maximum Gasteiger partial charge on any atom is 0.453 e.